The average Bonchev–Trinajstić information content (AvgIpc) is 3.28. The zero-order valence-corrected chi connectivity index (χ0v) is 13.2. The smallest absolute Gasteiger partial charge is 0.251 e. The van der Waals surface area contributed by atoms with Gasteiger partial charge in [-0.3, -0.25) is 4.79 Å². The van der Waals surface area contributed by atoms with E-state index in [9.17, 15) is 13.2 Å². The molecule has 0 spiro atoms. The van der Waals surface area contributed by atoms with Crippen molar-refractivity contribution in [2.75, 3.05) is 26.2 Å². The molecular weight excluding hydrogens is 302 g/mol. The molecule has 1 amide bonds. The normalized spacial score (nSPS) is 18.7. The predicted octanol–water partition coefficient (Wildman–Crippen LogP) is 0.324. The van der Waals surface area contributed by atoms with Gasteiger partial charge in [-0.25, -0.2) is 13.1 Å². The van der Waals surface area contributed by atoms with E-state index in [1.54, 1.807) is 12.1 Å². The summed E-state index contributed by atoms with van der Waals surface area (Å²) < 4.78 is 27.0. The fraction of sp³-hybridized carbons (Fsp3) is 0.533. The maximum Gasteiger partial charge on any atom is 0.251 e. The van der Waals surface area contributed by atoms with E-state index < -0.39 is 10.0 Å². The van der Waals surface area contributed by atoms with Gasteiger partial charge in [0.1, 0.15) is 0 Å². The molecule has 1 saturated carbocycles. The summed E-state index contributed by atoms with van der Waals surface area (Å²) in [5, 5.41) is 5.99. The average molecular weight is 323 g/mol. The Morgan fingerprint density at radius 2 is 1.95 bits per heavy atom. The van der Waals surface area contributed by atoms with E-state index in [1.807, 2.05) is 0 Å². The first-order chi connectivity index (χ1) is 10.5. The summed E-state index contributed by atoms with van der Waals surface area (Å²) in [5.41, 5.74) is 0.376. The highest BCUT2D eigenvalue weighted by Gasteiger charge is 2.24. The molecule has 3 rings (SSSR count). The zero-order valence-electron chi connectivity index (χ0n) is 12.3. The molecule has 2 aliphatic rings. The molecule has 1 aliphatic heterocycles. The number of amides is 1. The van der Waals surface area contributed by atoms with Crippen LogP contribution in [-0.2, 0) is 10.0 Å². The Hall–Kier alpha value is -1.44. The van der Waals surface area contributed by atoms with Gasteiger partial charge in [0.25, 0.3) is 5.91 Å². The quantitative estimate of drug-likeness (QED) is 0.674. The number of hydrogen-bond donors (Lipinski definition) is 3. The number of hydrogen-bond acceptors (Lipinski definition) is 4. The molecular formula is C15H21N3O3S. The molecule has 7 heteroatoms. The van der Waals surface area contributed by atoms with Crippen LogP contribution >= 0.6 is 0 Å². The van der Waals surface area contributed by atoms with Gasteiger partial charge in [0.2, 0.25) is 10.0 Å². The summed E-state index contributed by atoms with van der Waals surface area (Å²) >= 11 is 0. The van der Waals surface area contributed by atoms with Crippen LogP contribution in [0.25, 0.3) is 0 Å². The van der Waals surface area contributed by atoms with E-state index >= 15 is 0 Å². The second-order valence-electron chi connectivity index (χ2n) is 6.06. The van der Waals surface area contributed by atoms with Gasteiger partial charge in [0.05, 0.1) is 4.90 Å². The second kappa shape index (κ2) is 6.36. The number of rotatable bonds is 7. The molecule has 0 atom stereocenters. The molecule has 120 valence electrons. The molecule has 1 heterocycles. The van der Waals surface area contributed by atoms with Gasteiger partial charge in [-0.1, -0.05) is 6.07 Å². The van der Waals surface area contributed by atoms with Crippen LogP contribution in [0.1, 0.15) is 23.2 Å². The molecule has 0 unspecified atom stereocenters. The molecule has 6 nitrogen and oxygen atoms in total. The number of carbonyl (C=O) groups excluding carboxylic acids is 1. The molecule has 1 aromatic carbocycles. The minimum atomic E-state index is -3.54. The maximum absolute atomic E-state index is 12.2. The predicted molar refractivity (Wildman–Crippen MR) is 83.0 cm³/mol. The van der Waals surface area contributed by atoms with E-state index in [1.165, 1.54) is 12.1 Å². The standard InChI is InChI=1S/C15H21N3O3S/c19-15(17-9-12-7-16-8-12)13-2-1-3-14(6-13)22(20,21)18-10-11-4-5-11/h1-3,6,11-12,16,18H,4-5,7-10H2,(H,17,19). The van der Waals surface area contributed by atoms with Gasteiger partial charge < -0.3 is 10.6 Å². The van der Waals surface area contributed by atoms with Crippen LogP contribution in [0, 0.1) is 11.8 Å². The van der Waals surface area contributed by atoms with E-state index in [-0.39, 0.29) is 10.8 Å². The molecule has 1 aliphatic carbocycles. The zero-order chi connectivity index (χ0) is 15.6. The Morgan fingerprint density at radius 3 is 2.59 bits per heavy atom. The van der Waals surface area contributed by atoms with Crippen LogP contribution in [0.4, 0.5) is 0 Å². The number of nitrogens with one attached hydrogen (secondary N) is 3. The minimum absolute atomic E-state index is 0.145. The molecule has 1 saturated heterocycles. The van der Waals surface area contributed by atoms with E-state index in [0.29, 0.717) is 30.5 Å². The number of carbonyl (C=O) groups is 1. The van der Waals surface area contributed by atoms with Gasteiger partial charge in [-0.15, -0.1) is 0 Å². The van der Waals surface area contributed by atoms with Gasteiger partial charge in [0, 0.05) is 37.7 Å². The molecule has 22 heavy (non-hydrogen) atoms. The first-order valence-corrected chi connectivity index (χ1v) is 9.11. The third kappa shape index (κ3) is 3.85. The van der Waals surface area contributed by atoms with E-state index in [0.717, 1.165) is 25.9 Å². The summed E-state index contributed by atoms with van der Waals surface area (Å²) in [6.45, 7) is 2.93. The van der Waals surface area contributed by atoms with E-state index in [4.69, 9.17) is 0 Å². The van der Waals surface area contributed by atoms with Crippen LogP contribution in [0.3, 0.4) is 0 Å². The molecule has 0 aromatic heterocycles. The van der Waals surface area contributed by atoms with Crippen molar-refractivity contribution >= 4 is 15.9 Å². The van der Waals surface area contributed by atoms with Crippen LogP contribution < -0.4 is 15.4 Å². The van der Waals surface area contributed by atoms with Crippen molar-refractivity contribution in [1.82, 2.24) is 15.4 Å². The largest absolute Gasteiger partial charge is 0.352 e. The van der Waals surface area contributed by atoms with Gasteiger partial charge in [-0.2, -0.15) is 0 Å². The SMILES string of the molecule is O=C(NCC1CNC1)c1cccc(S(=O)(=O)NCC2CC2)c1. The molecule has 1 aromatic rings. The monoisotopic (exact) mass is 323 g/mol. The molecule has 3 N–H and O–H groups in total. The third-order valence-electron chi connectivity index (χ3n) is 4.08. The Kier molecular flexibility index (Phi) is 4.46. The van der Waals surface area contributed by atoms with E-state index in [2.05, 4.69) is 15.4 Å². The highest BCUT2D eigenvalue weighted by atomic mass is 32.2. The summed E-state index contributed by atoms with van der Waals surface area (Å²) in [7, 11) is -3.54. The van der Waals surface area contributed by atoms with Crippen molar-refractivity contribution in [3.63, 3.8) is 0 Å². The summed E-state index contributed by atoms with van der Waals surface area (Å²) in [6, 6.07) is 6.19. The van der Waals surface area contributed by atoms with Crippen molar-refractivity contribution in [3.05, 3.63) is 29.8 Å². The lowest BCUT2D eigenvalue weighted by Crippen LogP contribution is -2.48. The van der Waals surface area contributed by atoms with Crippen LogP contribution in [0.15, 0.2) is 29.2 Å². The van der Waals surface area contributed by atoms with Crippen LogP contribution in [-0.4, -0.2) is 40.5 Å². The Balaban J connectivity index is 1.63. The highest BCUT2D eigenvalue weighted by molar-refractivity contribution is 7.89. The lowest BCUT2D eigenvalue weighted by atomic mass is 10.0. The Morgan fingerprint density at radius 1 is 1.18 bits per heavy atom. The third-order valence-corrected chi connectivity index (χ3v) is 5.50. The Bertz CT molecular complexity index is 652. The lowest BCUT2D eigenvalue weighted by molar-refractivity contribution is 0.0942. The number of benzene rings is 1. The fourth-order valence-corrected chi connectivity index (χ4v) is 3.43. The Labute approximate surface area is 130 Å². The summed E-state index contributed by atoms with van der Waals surface area (Å²) in [6.07, 6.45) is 2.17. The maximum atomic E-state index is 12.2. The van der Waals surface area contributed by atoms with Crippen LogP contribution in [0.5, 0.6) is 0 Å². The minimum Gasteiger partial charge on any atom is -0.352 e. The summed E-state index contributed by atoms with van der Waals surface area (Å²) in [4.78, 5) is 12.2. The lowest BCUT2D eigenvalue weighted by Gasteiger charge is -2.27. The topological polar surface area (TPSA) is 87.3 Å². The second-order valence-corrected chi connectivity index (χ2v) is 7.82. The number of sulfonamides is 1. The highest BCUT2D eigenvalue weighted by Crippen LogP contribution is 2.28. The van der Waals surface area contributed by atoms with Crippen molar-refractivity contribution in [3.8, 4) is 0 Å². The fourth-order valence-electron chi connectivity index (χ4n) is 2.27. The molecule has 0 bridgehead atoms. The van der Waals surface area contributed by atoms with Gasteiger partial charge in [0.15, 0.2) is 0 Å². The molecule has 2 fully saturated rings. The van der Waals surface area contributed by atoms with Gasteiger partial charge in [-0.05, 0) is 37.0 Å². The first-order valence-electron chi connectivity index (χ1n) is 7.63. The van der Waals surface area contributed by atoms with Crippen molar-refractivity contribution in [1.29, 1.82) is 0 Å². The summed E-state index contributed by atoms with van der Waals surface area (Å²) in [5.74, 6) is 0.708. The first kappa shape index (κ1) is 15.5. The van der Waals surface area contributed by atoms with Crippen LogP contribution in [0.2, 0.25) is 0 Å². The van der Waals surface area contributed by atoms with Crippen molar-refractivity contribution in [2.45, 2.75) is 17.7 Å². The molecule has 0 radical (unpaired) electrons. The van der Waals surface area contributed by atoms with Gasteiger partial charge >= 0.3 is 0 Å². The van der Waals surface area contributed by atoms with Crippen molar-refractivity contribution in [2.24, 2.45) is 11.8 Å². The van der Waals surface area contributed by atoms with Crippen molar-refractivity contribution < 1.29 is 13.2 Å².